The fourth-order valence-corrected chi connectivity index (χ4v) is 1.91. The van der Waals surface area contributed by atoms with Crippen LogP contribution in [0.4, 0.5) is 5.82 Å². The zero-order valence-electron chi connectivity index (χ0n) is 9.11. The second-order valence-electron chi connectivity index (χ2n) is 3.74. The van der Waals surface area contributed by atoms with E-state index in [1.54, 1.807) is 6.07 Å². The van der Waals surface area contributed by atoms with Gasteiger partial charge in [-0.1, -0.05) is 11.6 Å². The number of hydrogen-bond acceptors (Lipinski definition) is 4. The van der Waals surface area contributed by atoms with E-state index in [9.17, 15) is 4.79 Å². The van der Waals surface area contributed by atoms with Crippen molar-refractivity contribution in [2.45, 2.75) is 6.42 Å². The van der Waals surface area contributed by atoms with E-state index in [0.29, 0.717) is 42.6 Å². The molecule has 2 heterocycles. The number of halogens is 1. The molecule has 6 heteroatoms. The number of nitriles is 1. The number of aromatic nitrogens is 1. The van der Waals surface area contributed by atoms with Crippen molar-refractivity contribution in [3.63, 3.8) is 0 Å². The predicted octanol–water partition coefficient (Wildman–Crippen LogP) is 0.933. The standard InChI is InChI=1S/C11H11ClN4O/c12-9-5-8(7-13)6-10(15-9)16-3-1-11(17)14-2-4-16/h5-6H,1-4H2,(H,14,17). The first-order valence-electron chi connectivity index (χ1n) is 5.28. The summed E-state index contributed by atoms with van der Waals surface area (Å²) < 4.78 is 0. The summed E-state index contributed by atoms with van der Waals surface area (Å²) in [7, 11) is 0. The van der Waals surface area contributed by atoms with Crippen molar-refractivity contribution in [2.75, 3.05) is 24.5 Å². The molecule has 0 bridgehead atoms. The largest absolute Gasteiger partial charge is 0.354 e. The number of anilines is 1. The molecule has 0 radical (unpaired) electrons. The van der Waals surface area contributed by atoms with Gasteiger partial charge in [-0.2, -0.15) is 5.26 Å². The molecular formula is C11H11ClN4O. The van der Waals surface area contributed by atoms with Crippen molar-refractivity contribution in [1.82, 2.24) is 10.3 Å². The summed E-state index contributed by atoms with van der Waals surface area (Å²) in [6.45, 7) is 1.84. The van der Waals surface area contributed by atoms with E-state index < -0.39 is 0 Å². The van der Waals surface area contributed by atoms with Crippen LogP contribution in [0, 0.1) is 11.3 Å². The van der Waals surface area contributed by atoms with Gasteiger partial charge in [0.1, 0.15) is 11.0 Å². The molecule has 0 aromatic carbocycles. The van der Waals surface area contributed by atoms with Gasteiger partial charge in [0.15, 0.2) is 0 Å². The van der Waals surface area contributed by atoms with E-state index in [1.165, 1.54) is 6.07 Å². The minimum atomic E-state index is 0.0371. The maximum absolute atomic E-state index is 11.2. The Balaban J connectivity index is 2.24. The lowest BCUT2D eigenvalue weighted by Crippen LogP contribution is -2.29. The average Bonchev–Trinajstić information content (AvgIpc) is 2.53. The van der Waals surface area contributed by atoms with Gasteiger partial charge in [-0.15, -0.1) is 0 Å². The Kier molecular flexibility index (Phi) is 3.45. The second-order valence-corrected chi connectivity index (χ2v) is 4.12. The summed E-state index contributed by atoms with van der Waals surface area (Å²) in [5.74, 6) is 0.681. The molecule has 0 saturated carbocycles. The maximum atomic E-state index is 11.2. The van der Waals surface area contributed by atoms with Gasteiger partial charge in [0.05, 0.1) is 11.6 Å². The minimum Gasteiger partial charge on any atom is -0.354 e. The Labute approximate surface area is 104 Å². The first kappa shape index (κ1) is 11.7. The van der Waals surface area contributed by atoms with Gasteiger partial charge < -0.3 is 10.2 Å². The Morgan fingerprint density at radius 3 is 3.06 bits per heavy atom. The first-order chi connectivity index (χ1) is 8.19. The van der Waals surface area contributed by atoms with Crippen molar-refractivity contribution in [2.24, 2.45) is 0 Å². The Morgan fingerprint density at radius 2 is 2.29 bits per heavy atom. The molecule has 1 N–H and O–H groups in total. The van der Waals surface area contributed by atoms with Crippen LogP contribution in [0.1, 0.15) is 12.0 Å². The molecule has 1 saturated heterocycles. The van der Waals surface area contributed by atoms with Crippen molar-refractivity contribution >= 4 is 23.3 Å². The van der Waals surface area contributed by atoms with Crippen molar-refractivity contribution in [3.05, 3.63) is 22.8 Å². The van der Waals surface area contributed by atoms with Gasteiger partial charge in [0, 0.05) is 26.1 Å². The topological polar surface area (TPSA) is 69.0 Å². The lowest BCUT2D eigenvalue weighted by atomic mass is 10.2. The third-order valence-electron chi connectivity index (χ3n) is 2.55. The predicted molar refractivity (Wildman–Crippen MR) is 63.8 cm³/mol. The van der Waals surface area contributed by atoms with Crippen molar-refractivity contribution in [3.8, 4) is 6.07 Å². The van der Waals surface area contributed by atoms with E-state index in [0.717, 1.165) is 0 Å². The molecule has 0 aliphatic carbocycles. The molecule has 88 valence electrons. The molecular weight excluding hydrogens is 240 g/mol. The number of nitrogens with one attached hydrogen (secondary N) is 1. The van der Waals surface area contributed by atoms with Crippen LogP contribution in [0.2, 0.25) is 5.15 Å². The molecule has 0 atom stereocenters. The number of hydrogen-bond donors (Lipinski definition) is 1. The third-order valence-corrected chi connectivity index (χ3v) is 2.74. The smallest absolute Gasteiger partial charge is 0.221 e. The van der Waals surface area contributed by atoms with Crippen LogP contribution in [-0.4, -0.2) is 30.5 Å². The van der Waals surface area contributed by atoms with Crippen LogP contribution < -0.4 is 10.2 Å². The highest BCUT2D eigenvalue weighted by Crippen LogP contribution is 2.18. The fourth-order valence-electron chi connectivity index (χ4n) is 1.71. The van der Waals surface area contributed by atoms with Gasteiger partial charge in [0.25, 0.3) is 0 Å². The molecule has 0 unspecified atom stereocenters. The zero-order valence-corrected chi connectivity index (χ0v) is 9.87. The lowest BCUT2D eigenvalue weighted by Gasteiger charge is -2.20. The van der Waals surface area contributed by atoms with E-state index in [-0.39, 0.29) is 5.91 Å². The van der Waals surface area contributed by atoms with Crippen molar-refractivity contribution < 1.29 is 4.79 Å². The zero-order chi connectivity index (χ0) is 12.3. The molecule has 1 amide bonds. The normalized spacial score (nSPS) is 16.0. The molecule has 5 nitrogen and oxygen atoms in total. The number of pyridine rings is 1. The highest BCUT2D eigenvalue weighted by Gasteiger charge is 2.15. The molecule has 1 fully saturated rings. The number of rotatable bonds is 1. The number of carbonyl (C=O) groups excluding carboxylic acids is 1. The molecule has 1 aromatic rings. The summed E-state index contributed by atoms with van der Waals surface area (Å²) in [4.78, 5) is 17.3. The van der Waals surface area contributed by atoms with E-state index in [2.05, 4.69) is 10.3 Å². The van der Waals surface area contributed by atoms with Crippen LogP contribution in [0.25, 0.3) is 0 Å². The van der Waals surface area contributed by atoms with Gasteiger partial charge in [-0.3, -0.25) is 4.79 Å². The van der Waals surface area contributed by atoms with E-state index >= 15 is 0 Å². The summed E-state index contributed by atoms with van der Waals surface area (Å²) >= 11 is 5.85. The third kappa shape index (κ3) is 2.86. The van der Waals surface area contributed by atoms with Crippen LogP contribution >= 0.6 is 11.6 Å². The average molecular weight is 251 g/mol. The summed E-state index contributed by atoms with van der Waals surface area (Å²) in [6, 6.07) is 5.24. The van der Waals surface area contributed by atoms with E-state index in [4.69, 9.17) is 16.9 Å². The van der Waals surface area contributed by atoms with Gasteiger partial charge in [-0.05, 0) is 12.1 Å². The van der Waals surface area contributed by atoms with Crippen LogP contribution in [0.15, 0.2) is 12.1 Å². The van der Waals surface area contributed by atoms with Gasteiger partial charge in [0.2, 0.25) is 5.91 Å². The summed E-state index contributed by atoms with van der Waals surface area (Å²) in [5, 5.41) is 11.9. The number of carbonyl (C=O) groups is 1. The Hall–Kier alpha value is -1.80. The molecule has 1 aliphatic rings. The lowest BCUT2D eigenvalue weighted by molar-refractivity contribution is -0.120. The molecule has 1 aliphatic heterocycles. The van der Waals surface area contributed by atoms with Gasteiger partial charge >= 0.3 is 0 Å². The Morgan fingerprint density at radius 1 is 1.47 bits per heavy atom. The molecule has 17 heavy (non-hydrogen) atoms. The van der Waals surface area contributed by atoms with Crippen LogP contribution in [0.5, 0.6) is 0 Å². The molecule has 1 aromatic heterocycles. The van der Waals surface area contributed by atoms with Gasteiger partial charge in [-0.25, -0.2) is 4.98 Å². The summed E-state index contributed by atoms with van der Waals surface area (Å²) in [6.07, 6.45) is 0.427. The van der Waals surface area contributed by atoms with Crippen LogP contribution in [0.3, 0.4) is 0 Å². The maximum Gasteiger partial charge on any atom is 0.221 e. The fraction of sp³-hybridized carbons (Fsp3) is 0.364. The first-order valence-corrected chi connectivity index (χ1v) is 5.66. The summed E-state index contributed by atoms with van der Waals surface area (Å²) in [5.41, 5.74) is 0.475. The minimum absolute atomic E-state index is 0.0371. The highest BCUT2D eigenvalue weighted by molar-refractivity contribution is 6.29. The highest BCUT2D eigenvalue weighted by atomic mass is 35.5. The number of amides is 1. The Bertz CT molecular complexity index is 483. The van der Waals surface area contributed by atoms with Crippen molar-refractivity contribution in [1.29, 1.82) is 5.26 Å². The van der Waals surface area contributed by atoms with E-state index in [1.807, 2.05) is 11.0 Å². The number of nitrogens with zero attached hydrogens (tertiary/aromatic N) is 3. The molecule has 2 rings (SSSR count). The quantitative estimate of drug-likeness (QED) is 0.753. The monoisotopic (exact) mass is 250 g/mol. The molecule has 0 spiro atoms. The second kappa shape index (κ2) is 5.02. The SMILES string of the molecule is N#Cc1cc(Cl)nc(N2CCNC(=O)CC2)c1. The van der Waals surface area contributed by atoms with Crippen LogP contribution in [-0.2, 0) is 4.79 Å².